The number of hydrogen-bond acceptors (Lipinski definition) is 7. The minimum Gasteiger partial charge on any atom is -0.493 e. The Morgan fingerprint density at radius 1 is 1.00 bits per heavy atom. The van der Waals surface area contributed by atoms with E-state index in [-0.39, 0.29) is 13.4 Å². The first-order valence-electron chi connectivity index (χ1n) is 8.60. The highest BCUT2D eigenvalue weighted by Crippen LogP contribution is 2.50. The summed E-state index contributed by atoms with van der Waals surface area (Å²) in [6.07, 6.45) is -0.381. The highest BCUT2D eigenvalue weighted by molar-refractivity contribution is 5.83. The number of aliphatic hydroxyl groups excluding tert-OH is 2. The highest BCUT2D eigenvalue weighted by Gasteiger charge is 2.27. The topological polar surface area (TPSA) is 86.6 Å². The summed E-state index contributed by atoms with van der Waals surface area (Å²) in [5.41, 5.74) is 2.88. The Hall–Kier alpha value is -2.64. The van der Waals surface area contributed by atoms with Gasteiger partial charge in [0.05, 0.1) is 27.4 Å². The number of fused-ring (bicyclic) bond motifs is 1. The molecule has 0 saturated carbocycles. The molecular weight excluding hydrogens is 352 g/mol. The maximum Gasteiger partial charge on any atom is 0.231 e. The molecule has 1 aliphatic rings. The van der Waals surface area contributed by atoms with Gasteiger partial charge in [-0.05, 0) is 48.2 Å². The van der Waals surface area contributed by atoms with Crippen molar-refractivity contribution < 1.29 is 33.9 Å². The van der Waals surface area contributed by atoms with Gasteiger partial charge in [-0.3, -0.25) is 0 Å². The molecule has 146 valence electrons. The molecule has 1 atom stereocenters. The Bertz CT molecular complexity index is 830. The molecule has 0 aliphatic carbocycles. The van der Waals surface area contributed by atoms with Crippen LogP contribution in [-0.2, 0) is 6.42 Å². The maximum atomic E-state index is 10.4. The van der Waals surface area contributed by atoms with Crippen LogP contribution in [0.1, 0.15) is 24.2 Å². The zero-order chi connectivity index (χ0) is 19.6. The van der Waals surface area contributed by atoms with Crippen LogP contribution in [-0.4, -0.2) is 44.9 Å². The maximum absolute atomic E-state index is 10.4. The van der Waals surface area contributed by atoms with E-state index in [1.807, 2.05) is 12.1 Å². The second-order valence-electron chi connectivity index (χ2n) is 6.12. The van der Waals surface area contributed by atoms with Crippen molar-refractivity contribution in [2.24, 2.45) is 0 Å². The quantitative estimate of drug-likeness (QED) is 0.768. The largest absolute Gasteiger partial charge is 0.493 e. The predicted molar refractivity (Wildman–Crippen MR) is 99.1 cm³/mol. The molecule has 0 saturated heterocycles. The van der Waals surface area contributed by atoms with Crippen LogP contribution in [0.2, 0.25) is 0 Å². The first-order valence-corrected chi connectivity index (χ1v) is 8.60. The number of rotatable bonds is 7. The highest BCUT2D eigenvalue weighted by atomic mass is 16.7. The van der Waals surface area contributed by atoms with E-state index in [2.05, 4.69) is 0 Å². The minimum atomic E-state index is -0.755. The van der Waals surface area contributed by atoms with Crippen LogP contribution in [0.3, 0.4) is 0 Å². The summed E-state index contributed by atoms with van der Waals surface area (Å²) in [5.74, 6) is 2.56. The summed E-state index contributed by atoms with van der Waals surface area (Å²) in [7, 11) is 4.62. The van der Waals surface area contributed by atoms with Gasteiger partial charge in [-0.1, -0.05) is 0 Å². The third-order valence-electron chi connectivity index (χ3n) is 4.56. The lowest BCUT2D eigenvalue weighted by molar-refractivity contribution is 0.173. The fourth-order valence-corrected chi connectivity index (χ4v) is 3.34. The molecule has 0 unspecified atom stereocenters. The molecule has 7 nitrogen and oxygen atoms in total. The van der Waals surface area contributed by atoms with E-state index in [9.17, 15) is 10.2 Å². The smallest absolute Gasteiger partial charge is 0.231 e. The SMILES string of the molecule is COc1cc(CCO)c(-c2cc3c(cc2[C@H](C)O)OCO3)c(OC)c1OC. The third kappa shape index (κ3) is 3.36. The first-order chi connectivity index (χ1) is 13.0. The van der Waals surface area contributed by atoms with E-state index in [1.54, 1.807) is 27.2 Å². The molecular formula is C20H24O7. The Kier molecular flexibility index (Phi) is 5.62. The van der Waals surface area contributed by atoms with Crippen molar-refractivity contribution in [3.05, 3.63) is 29.3 Å². The van der Waals surface area contributed by atoms with Crippen LogP contribution in [0.25, 0.3) is 11.1 Å². The number of ether oxygens (including phenoxy) is 5. The van der Waals surface area contributed by atoms with Crippen LogP contribution < -0.4 is 23.7 Å². The summed E-state index contributed by atoms with van der Waals surface area (Å²) in [6.45, 7) is 1.75. The summed E-state index contributed by atoms with van der Waals surface area (Å²) in [5, 5.41) is 19.9. The van der Waals surface area contributed by atoms with Crippen LogP contribution in [0, 0.1) is 0 Å². The molecule has 1 aliphatic heterocycles. The van der Waals surface area contributed by atoms with E-state index in [1.165, 1.54) is 7.11 Å². The number of methoxy groups -OCH3 is 3. The lowest BCUT2D eigenvalue weighted by Gasteiger charge is -2.22. The van der Waals surface area contributed by atoms with Crippen molar-refractivity contribution in [2.45, 2.75) is 19.4 Å². The van der Waals surface area contributed by atoms with E-state index < -0.39 is 6.10 Å². The van der Waals surface area contributed by atoms with Crippen molar-refractivity contribution in [2.75, 3.05) is 34.7 Å². The van der Waals surface area contributed by atoms with Gasteiger partial charge in [0.15, 0.2) is 23.0 Å². The molecule has 2 aromatic rings. The monoisotopic (exact) mass is 376 g/mol. The van der Waals surface area contributed by atoms with Gasteiger partial charge >= 0.3 is 0 Å². The minimum absolute atomic E-state index is 0.0554. The second-order valence-corrected chi connectivity index (χ2v) is 6.12. The Labute approximate surface area is 158 Å². The molecule has 7 heteroatoms. The molecule has 1 heterocycles. The van der Waals surface area contributed by atoms with Crippen molar-refractivity contribution in [3.63, 3.8) is 0 Å². The average molecular weight is 376 g/mol. The van der Waals surface area contributed by atoms with E-state index >= 15 is 0 Å². The van der Waals surface area contributed by atoms with Crippen LogP contribution in [0.15, 0.2) is 18.2 Å². The number of hydrogen-bond donors (Lipinski definition) is 2. The Morgan fingerprint density at radius 2 is 1.67 bits per heavy atom. The Morgan fingerprint density at radius 3 is 2.22 bits per heavy atom. The van der Waals surface area contributed by atoms with Crippen LogP contribution >= 0.6 is 0 Å². The average Bonchev–Trinajstić information content (AvgIpc) is 3.13. The van der Waals surface area contributed by atoms with Crippen LogP contribution in [0.4, 0.5) is 0 Å². The normalized spacial score (nSPS) is 13.4. The van der Waals surface area contributed by atoms with Crippen molar-refractivity contribution in [1.29, 1.82) is 0 Å². The summed E-state index contributed by atoms with van der Waals surface area (Å²) in [4.78, 5) is 0. The molecule has 3 rings (SSSR count). The molecule has 0 spiro atoms. The zero-order valence-corrected chi connectivity index (χ0v) is 15.9. The molecule has 0 aromatic heterocycles. The van der Waals surface area contributed by atoms with Crippen LogP contribution in [0.5, 0.6) is 28.7 Å². The number of benzene rings is 2. The lowest BCUT2D eigenvalue weighted by Crippen LogP contribution is -2.05. The summed E-state index contributed by atoms with van der Waals surface area (Å²) in [6, 6.07) is 5.39. The molecule has 27 heavy (non-hydrogen) atoms. The van der Waals surface area contributed by atoms with Gasteiger partial charge in [0.1, 0.15) is 0 Å². The van der Waals surface area contributed by atoms with Crippen molar-refractivity contribution in [1.82, 2.24) is 0 Å². The molecule has 0 bridgehead atoms. The van der Waals surface area contributed by atoms with Crippen molar-refractivity contribution >= 4 is 0 Å². The first kappa shape index (κ1) is 19.1. The number of aliphatic hydroxyl groups is 2. The zero-order valence-electron chi connectivity index (χ0n) is 15.9. The van der Waals surface area contributed by atoms with Gasteiger partial charge in [-0.25, -0.2) is 0 Å². The van der Waals surface area contributed by atoms with Gasteiger partial charge in [-0.15, -0.1) is 0 Å². The van der Waals surface area contributed by atoms with Gasteiger partial charge in [0, 0.05) is 12.2 Å². The van der Waals surface area contributed by atoms with Gasteiger partial charge in [-0.2, -0.15) is 0 Å². The third-order valence-corrected chi connectivity index (χ3v) is 4.56. The second kappa shape index (κ2) is 7.94. The molecule has 0 amide bonds. The summed E-state index contributed by atoms with van der Waals surface area (Å²) >= 11 is 0. The predicted octanol–water partition coefficient (Wildman–Crippen LogP) is 2.70. The van der Waals surface area contributed by atoms with Crippen molar-refractivity contribution in [3.8, 4) is 39.9 Å². The Balaban J connectivity index is 2.36. The van der Waals surface area contributed by atoms with Gasteiger partial charge in [0.2, 0.25) is 12.5 Å². The van der Waals surface area contributed by atoms with E-state index in [0.717, 1.165) is 11.1 Å². The summed E-state index contributed by atoms with van der Waals surface area (Å²) < 4.78 is 27.6. The molecule has 0 radical (unpaired) electrons. The lowest BCUT2D eigenvalue weighted by atomic mass is 9.90. The molecule has 2 aromatic carbocycles. The van der Waals surface area contributed by atoms with Gasteiger partial charge in [0.25, 0.3) is 0 Å². The van der Waals surface area contributed by atoms with E-state index in [4.69, 9.17) is 23.7 Å². The molecule has 0 fully saturated rings. The fourth-order valence-electron chi connectivity index (χ4n) is 3.34. The van der Waals surface area contributed by atoms with E-state index in [0.29, 0.717) is 46.3 Å². The van der Waals surface area contributed by atoms with Gasteiger partial charge < -0.3 is 33.9 Å². The standard InChI is InChI=1S/C20H24O7/c1-11(22)13-8-15-16(27-10-26-15)9-14(13)18-12(5-6-21)7-17(23-2)19(24-3)20(18)25-4/h7-9,11,21-22H,5-6,10H2,1-4H3/t11-/m0/s1. The molecule has 2 N–H and O–H groups in total. The fraction of sp³-hybridized carbons (Fsp3) is 0.400.